The van der Waals surface area contributed by atoms with E-state index in [1.807, 2.05) is 0 Å². The molecule has 0 aromatic carbocycles. The number of piperazine rings is 1. The zero-order valence-electron chi connectivity index (χ0n) is 13.3. The largest absolute Gasteiger partial charge is 0.396 e. The van der Waals surface area contributed by atoms with Crippen molar-refractivity contribution in [1.82, 2.24) is 13.9 Å². The van der Waals surface area contributed by atoms with Crippen LogP contribution in [-0.4, -0.2) is 68.0 Å². The van der Waals surface area contributed by atoms with Gasteiger partial charge in [0.25, 0.3) is 10.2 Å². The van der Waals surface area contributed by atoms with Crippen LogP contribution in [-0.2, 0) is 10.2 Å². The van der Waals surface area contributed by atoms with Gasteiger partial charge in [-0.25, -0.2) is 0 Å². The highest BCUT2D eigenvalue weighted by Gasteiger charge is 2.29. The van der Waals surface area contributed by atoms with E-state index in [4.69, 9.17) is 5.11 Å². The fourth-order valence-corrected chi connectivity index (χ4v) is 4.21. The Balaban J connectivity index is 2.53. The molecule has 1 fully saturated rings. The molecule has 6 nitrogen and oxygen atoms in total. The first-order valence-corrected chi connectivity index (χ1v) is 9.59. The van der Waals surface area contributed by atoms with Gasteiger partial charge in [0.05, 0.1) is 0 Å². The Morgan fingerprint density at radius 1 is 1.05 bits per heavy atom. The number of hydrogen-bond donors (Lipinski definition) is 2. The predicted molar refractivity (Wildman–Crippen MR) is 85.4 cm³/mol. The smallest absolute Gasteiger partial charge is 0.282 e. The summed E-state index contributed by atoms with van der Waals surface area (Å²) in [7, 11) is -3.37. The van der Waals surface area contributed by atoms with Crippen LogP contribution in [0.25, 0.3) is 0 Å². The second-order valence-corrected chi connectivity index (χ2v) is 7.48. The van der Waals surface area contributed by atoms with E-state index >= 15 is 0 Å². The van der Waals surface area contributed by atoms with Crippen molar-refractivity contribution in [3.8, 4) is 0 Å². The number of nitrogens with one attached hydrogen (secondary N) is 1. The topological polar surface area (TPSA) is 72.9 Å². The van der Waals surface area contributed by atoms with Crippen LogP contribution in [0.3, 0.4) is 0 Å². The summed E-state index contributed by atoms with van der Waals surface area (Å²) < 4.78 is 28.4. The van der Waals surface area contributed by atoms with E-state index in [2.05, 4.69) is 12.2 Å². The summed E-state index contributed by atoms with van der Waals surface area (Å²) in [6.07, 6.45) is 6.03. The molecule has 7 heteroatoms. The molecule has 0 saturated carbocycles. The fourth-order valence-electron chi connectivity index (χ4n) is 2.52. The molecule has 0 radical (unpaired) electrons. The lowest BCUT2D eigenvalue weighted by Gasteiger charge is -2.32. The molecule has 1 aliphatic rings. The van der Waals surface area contributed by atoms with Gasteiger partial charge < -0.3 is 10.4 Å². The third-order valence-corrected chi connectivity index (χ3v) is 5.84. The lowest BCUT2D eigenvalue weighted by atomic mass is 10.1. The van der Waals surface area contributed by atoms with E-state index in [1.165, 1.54) is 12.8 Å². The third-order valence-electron chi connectivity index (χ3n) is 3.81. The van der Waals surface area contributed by atoms with E-state index in [-0.39, 0.29) is 6.61 Å². The molecular formula is C14H31N3O3S. The second-order valence-electron chi connectivity index (χ2n) is 5.55. The molecule has 1 heterocycles. The first-order valence-electron chi connectivity index (χ1n) is 8.19. The number of unbranched alkanes of at least 4 members (excludes halogenated alkanes) is 4. The average Bonchev–Trinajstić information content (AvgIpc) is 2.50. The van der Waals surface area contributed by atoms with Crippen molar-refractivity contribution >= 4 is 10.2 Å². The summed E-state index contributed by atoms with van der Waals surface area (Å²) in [5.41, 5.74) is 0. The zero-order chi connectivity index (χ0) is 15.6. The molecule has 0 amide bonds. The SMILES string of the molecule is CCCCCCCN(CCCO)S(=O)(=O)N1CCNCC1. The summed E-state index contributed by atoms with van der Waals surface area (Å²) in [6, 6.07) is 0. The molecule has 0 aromatic heterocycles. The highest BCUT2D eigenvalue weighted by molar-refractivity contribution is 7.86. The Hall–Kier alpha value is -0.210. The van der Waals surface area contributed by atoms with Crippen molar-refractivity contribution in [1.29, 1.82) is 0 Å². The van der Waals surface area contributed by atoms with Crippen molar-refractivity contribution in [3.63, 3.8) is 0 Å². The van der Waals surface area contributed by atoms with Crippen LogP contribution in [0.2, 0.25) is 0 Å². The maximum absolute atomic E-state index is 12.7. The van der Waals surface area contributed by atoms with Gasteiger partial charge in [-0.2, -0.15) is 17.0 Å². The van der Waals surface area contributed by atoms with Crippen molar-refractivity contribution in [3.05, 3.63) is 0 Å². The van der Waals surface area contributed by atoms with Crippen LogP contribution in [0.5, 0.6) is 0 Å². The van der Waals surface area contributed by atoms with Gasteiger partial charge in [0.15, 0.2) is 0 Å². The summed E-state index contributed by atoms with van der Waals surface area (Å²) >= 11 is 0. The van der Waals surface area contributed by atoms with E-state index in [9.17, 15) is 8.42 Å². The van der Waals surface area contributed by atoms with E-state index in [1.54, 1.807) is 8.61 Å². The van der Waals surface area contributed by atoms with E-state index in [0.29, 0.717) is 45.7 Å². The zero-order valence-corrected chi connectivity index (χ0v) is 14.1. The van der Waals surface area contributed by atoms with Crippen LogP contribution in [0.15, 0.2) is 0 Å². The Labute approximate surface area is 129 Å². The molecule has 1 aliphatic heterocycles. The lowest BCUT2D eigenvalue weighted by Crippen LogP contribution is -2.52. The summed E-state index contributed by atoms with van der Waals surface area (Å²) in [4.78, 5) is 0. The van der Waals surface area contributed by atoms with Crippen molar-refractivity contribution in [2.24, 2.45) is 0 Å². The molecular weight excluding hydrogens is 290 g/mol. The van der Waals surface area contributed by atoms with Gasteiger partial charge in [0.1, 0.15) is 0 Å². The second kappa shape index (κ2) is 10.5. The van der Waals surface area contributed by atoms with Crippen LogP contribution >= 0.6 is 0 Å². The molecule has 126 valence electrons. The average molecular weight is 321 g/mol. The minimum Gasteiger partial charge on any atom is -0.396 e. The molecule has 0 unspecified atom stereocenters. The summed E-state index contributed by atoms with van der Waals surface area (Å²) in [6.45, 7) is 5.67. The fraction of sp³-hybridized carbons (Fsp3) is 1.00. The first-order chi connectivity index (χ1) is 10.1. The van der Waals surface area contributed by atoms with Gasteiger partial charge in [-0.3, -0.25) is 0 Å². The molecule has 0 atom stereocenters. The minimum atomic E-state index is -3.37. The molecule has 0 bridgehead atoms. The van der Waals surface area contributed by atoms with E-state index < -0.39 is 10.2 Å². The minimum absolute atomic E-state index is 0.0312. The Morgan fingerprint density at radius 2 is 1.67 bits per heavy atom. The maximum atomic E-state index is 12.7. The Kier molecular flexibility index (Phi) is 9.42. The number of rotatable bonds is 11. The standard InChI is InChI=1S/C14H31N3O3S/c1-2-3-4-5-6-10-16(11-7-14-18)21(19,20)17-12-8-15-9-13-17/h15,18H,2-14H2,1H3. The maximum Gasteiger partial charge on any atom is 0.282 e. The first kappa shape index (κ1) is 18.8. The molecule has 1 saturated heterocycles. The van der Waals surface area contributed by atoms with Crippen molar-refractivity contribution < 1.29 is 13.5 Å². The molecule has 2 N–H and O–H groups in total. The predicted octanol–water partition coefficient (Wildman–Crippen LogP) is 0.791. The van der Waals surface area contributed by atoms with Crippen LogP contribution in [0.4, 0.5) is 0 Å². The lowest BCUT2D eigenvalue weighted by molar-refractivity contribution is 0.257. The Bertz CT molecular complexity index is 356. The molecule has 21 heavy (non-hydrogen) atoms. The van der Waals surface area contributed by atoms with Gasteiger partial charge in [0.2, 0.25) is 0 Å². The number of aliphatic hydroxyl groups is 1. The summed E-state index contributed by atoms with van der Waals surface area (Å²) in [5, 5.41) is 12.2. The monoisotopic (exact) mass is 321 g/mol. The van der Waals surface area contributed by atoms with Gasteiger partial charge in [-0.15, -0.1) is 0 Å². The highest BCUT2D eigenvalue weighted by Crippen LogP contribution is 2.13. The number of nitrogens with zero attached hydrogens (tertiary/aromatic N) is 2. The van der Waals surface area contributed by atoms with Crippen molar-refractivity contribution in [2.75, 3.05) is 45.9 Å². The quantitative estimate of drug-likeness (QED) is 0.552. The highest BCUT2D eigenvalue weighted by atomic mass is 32.2. The normalized spacial score (nSPS) is 17.5. The van der Waals surface area contributed by atoms with Gasteiger partial charge >= 0.3 is 0 Å². The van der Waals surface area contributed by atoms with Crippen molar-refractivity contribution in [2.45, 2.75) is 45.4 Å². The molecule has 0 spiro atoms. The Morgan fingerprint density at radius 3 is 2.29 bits per heavy atom. The van der Waals surface area contributed by atoms with Crippen LogP contribution < -0.4 is 5.32 Å². The number of aliphatic hydroxyl groups excluding tert-OH is 1. The van der Waals surface area contributed by atoms with E-state index in [0.717, 1.165) is 19.3 Å². The van der Waals surface area contributed by atoms with Gasteiger partial charge in [0, 0.05) is 45.9 Å². The third kappa shape index (κ3) is 6.61. The van der Waals surface area contributed by atoms with Gasteiger partial charge in [-0.05, 0) is 12.8 Å². The van der Waals surface area contributed by atoms with Crippen LogP contribution in [0, 0.1) is 0 Å². The molecule has 1 rings (SSSR count). The summed E-state index contributed by atoms with van der Waals surface area (Å²) in [5.74, 6) is 0. The molecule has 0 aromatic rings. The molecule has 0 aliphatic carbocycles. The number of hydrogen-bond acceptors (Lipinski definition) is 4. The van der Waals surface area contributed by atoms with Crippen LogP contribution in [0.1, 0.15) is 45.4 Å². The van der Waals surface area contributed by atoms with Gasteiger partial charge in [-0.1, -0.05) is 32.6 Å².